The molecular weight excluding hydrogens is 136 g/mol. The van der Waals surface area contributed by atoms with Crippen LogP contribution >= 0.6 is 0 Å². The van der Waals surface area contributed by atoms with E-state index in [2.05, 4.69) is 45.2 Å². The summed E-state index contributed by atoms with van der Waals surface area (Å²) >= 11 is 0. The van der Waals surface area contributed by atoms with Gasteiger partial charge in [0.25, 0.3) is 0 Å². The lowest BCUT2D eigenvalue weighted by Crippen LogP contribution is -2.18. The molecule has 1 rings (SSSR count). The standard InChI is InChI=1S/C9H16Si/c1-8-5-6-9(2,7-8)10(3)4/h5-7,10H,1-4H3. The third kappa shape index (κ3) is 1.24. The molecule has 0 aliphatic heterocycles. The van der Waals surface area contributed by atoms with Gasteiger partial charge >= 0.3 is 0 Å². The summed E-state index contributed by atoms with van der Waals surface area (Å²) in [5.41, 5.74) is 1.43. The van der Waals surface area contributed by atoms with Crippen LogP contribution in [0, 0.1) is 0 Å². The molecule has 0 fully saturated rings. The predicted molar refractivity (Wildman–Crippen MR) is 50.1 cm³/mol. The maximum atomic E-state index is 2.41. The summed E-state index contributed by atoms with van der Waals surface area (Å²) in [6.07, 6.45) is 7.01. The van der Waals surface area contributed by atoms with Gasteiger partial charge in [-0.15, -0.1) is 0 Å². The zero-order valence-corrected chi connectivity index (χ0v) is 8.46. The highest BCUT2D eigenvalue weighted by atomic mass is 28.3. The smallest absolute Gasteiger partial charge is 0.0463 e. The monoisotopic (exact) mass is 152 g/mol. The lowest BCUT2D eigenvalue weighted by atomic mass is 10.2. The third-order valence-corrected chi connectivity index (χ3v) is 5.34. The molecule has 1 atom stereocenters. The second-order valence-corrected chi connectivity index (χ2v) is 7.30. The minimum absolute atomic E-state index is 0.462. The van der Waals surface area contributed by atoms with E-state index >= 15 is 0 Å². The zero-order valence-electron chi connectivity index (χ0n) is 7.31. The van der Waals surface area contributed by atoms with E-state index in [1.807, 2.05) is 0 Å². The van der Waals surface area contributed by atoms with Crippen LogP contribution in [-0.4, -0.2) is 8.80 Å². The first-order valence-electron chi connectivity index (χ1n) is 3.93. The number of hydrogen-bond acceptors (Lipinski definition) is 0. The maximum Gasteiger partial charge on any atom is 0.0463 e. The molecule has 10 heavy (non-hydrogen) atoms. The summed E-state index contributed by atoms with van der Waals surface area (Å²) in [5, 5.41) is 0.462. The van der Waals surface area contributed by atoms with E-state index in [4.69, 9.17) is 0 Å². The summed E-state index contributed by atoms with van der Waals surface area (Å²) in [6, 6.07) is 0. The van der Waals surface area contributed by atoms with Crippen molar-refractivity contribution in [1.29, 1.82) is 0 Å². The lowest BCUT2D eigenvalue weighted by Gasteiger charge is -2.22. The highest BCUT2D eigenvalue weighted by molar-refractivity contribution is 6.60. The first-order chi connectivity index (χ1) is 4.54. The molecule has 0 amide bonds. The average molecular weight is 152 g/mol. The molecule has 0 spiro atoms. The Morgan fingerprint density at radius 2 is 2.00 bits per heavy atom. The van der Waals surface area contributed by atoms with Crippen molar-refractivity contribution in [3.63, 3.8) is 0 Å². The van der Waals surface area contributed by atoms with Gasteiger partial charge in [-0.3, -0.25) is 0 Å². The van der Waals surface area contributed by atoms with Crippen LogP contribution in [0.4, 0.5) is 0 Å². The van der Waals surface area contributed by atoms with Gasteiger partial charge in [0.15, 0.2) is 0 Å². The normalized spacial score (nSPS) is 31.5. The summed E-state index contributed by atoms with van der Waals surface area (Å²) in [4.78, 5) is 0. The van der Waals surface area contributed by atoms with Crippen LogP contribution in [0.5, 0.6) is 0 Å². The first kappa shape index (κ1) is 7.80. The largest absolute Gasteiger partial charge is 0.0777 e. The Balaban J connectivity index is 2.84. The molecule has 0 aromatic rings. The highest BCUT2D eigenvalue weighted by Crippen LogP contribution is 2.38. The van der Waals surface area contributed by atoms with Crippen LogP contribution in [0.25, 0.3) is 0 Å². The summed E-state index contributed by atoms with van der Waals surface area (Å²) in [6.45, 7) is 9.33. The summed E-state index contributed by atoms with van der Waals surface area (Å²) < 4.78 is 0. The first-order valence-corrected chi connectivity index (χ1v) is 6.82. The fourth-order valence-corrected chi connectivity index (χ4v) is 2.33. The molecule has 0 aromatic carbocycles. The van der Waals surface area contributed by atoms with Crippen molar-refractivity contribution in [3.05, 3.63) is 23.8 Å². The number of hydrogen-bond donors (Lipinski definition) is 0. The van der Waals surface area contributed by atoms with Crippen LogP contribution < -0.4 is 0 Å². The molecule has 0 bridgehead atoms. The topological polar surface area (TPSA) is 0 Å². The van der Waals surface area contributed by atoms with Crippen LogP contribution in [0.2, 0.25) is 18.1 Å². The van der Waals surface area contributed by atoms with Gasteiger partial charge in [-0.05, 0) is 12.0 Å². The molecule has 0 N–H and O–H groups in total. The molecule has 0 radical (unpaired) electrons. The van der Waals surface area contributed by atoms with Gasteiger partial charge in [0.1, 0.15) is 0 Å². The van der Waals surface area contributed by atoms with Gasteiger partial charge in [-0.1, -0.05) is 43.8 Å². The Morgan fingerprint density at radius 3 is 2.20 bits per heavy atom. The van der Waals surface area contributed by atoms with Crippen LogP contribution in [0.15, 0.2) is 23.8 Å². The Hall–Kier alpha value is -0.303. The van der Waals surface area contributed by atoms with Crippen molar-refractivity contribution in [2.75, 3.05) is 0 Å². The van der Waals surface area contributed by atoms with E-state index in [1.165, 1.54) is 5.57 Å². The third-order valence-electron chi connectivity index (χ3n) is 2.49. The minimum Gasteiger partial charge on any atom is -0.0777 e. The Bertz CT molecular complexity index is 189. The quantitative estimate of drug-likeness (QED) is 0.507. The van der Waals surface area contributed by atoms with Gasteiger partial charge in [0.05, 0.1) is 0 Å². The van der Waals surface area contributed by atoms with Crippen molar-refractivity contribution < 1.29 is 0 Å². The Labute approximate surface area is 65.3 Å². The SMILES string of the molecule is CC1=CC(C)([SiH](C)C)C=C1. The van der Waals surface area contributed by atoms with E-state index in [0.717, 1.165) is 0 Å². The fourth-order valence-electron chi connectivity index (χ4n) is 1.26. The molecule has 1 unspecified atom stereocenters. The molecule has 1 aliphatic rings. The lowest BCUT2D eigenvalue weighted by molar-refractivity contribution is 0.948. The van der Waals surface area contributed by atoms with Crippen LogP contribution in [-0.2, 0) is 0 Å². The van der Waals surface area contributed by atoms with Crippen molar-refractivity contribution in [3.8, 4) is 0 Å². The minimum atomic E-state index is -0.540. The van der Waals surface area contributed by atoms with E-state index in [1.54, 1.807) is 0 Å². The molecular formula is C9H16Si. The highest BCUT2D eigenvalue weighted by Gasteiger charge is 2.25. The summed E-state index contributed by atoms with van der Waals surface area (Å²) in [5.74, 6) is 0. The van der Waals surface area contributed by atoms with E-state index < -0.39 is 8.80 Å². The molecule has 1 aliphatic carbocycles. The van der Waals surface area contributed by atoms with E-state index in [9.17, 15) is 0 Å². The van der Waals surface area contributed by atoms with Crippen molar-refractivity contribution in [2.45, 2.75) is 32.0 Å². The number of allylic oxidation sites excluding steroid dienone is 4. The van der Waals surface area contributed by atoms with E-state index in [-0.39, 0.29) is 0 Å². The van der Waals surface area contributed by atoms with Crippen LogP contribution in [0.1, 0.15) is 13.8 Å². The van der Waals surface area contributed by atoms with Gasteiger partial charge in [0.2, 0.25) is 0 Å². The second kappa shape index (κ2) is 2.39. The van der Waals surface area contributed by atoms with Gasteiger partial charge in [-0.2, -0.15) is 0 Å². The van der Waals surface area contributed by atoms with Crippen molar-refractivity contribution in [1.82, 2.24) is 0 Å². The molecule has 0 saturated heterocycles. The average Bonchev–Trinajstić information content (AvgIpc) is 2.13. The van der Waals surface area contributed by atoms with Gasteiger partial charge < -0.3 is 0 Å². The molecule has 0 saturated carbocycles. The molecule has 56 valence electrons. The molecule has 0 nitrogen and oxygen atoms in total. The maximum absolute atomic E-state index is 2.41. The molecule has 0 heterocycles. The van der Waals surface area contributed by atoms with Crippen LogP contribution in [0.3, 0.4) is 0 Å². The molecule has 0 aromatic heterocycles. The second-order valence-electron chi connectivity index (χ2n) is 3.74. The fraction of sp³-hybridized carbons (Fsp3) is 0.556. The van der Waals surface area contributed by atoms with Gasteiger partial charge in [-0.25, -0.2) is 0 Å². The van der Waals surface area contributed by atoms with Gasteiger partial charge in [0, 0.05) is 8.80 Å². The Morgan fingerprint density at radius 1 is 1.40 bits per heavy atom. The Kier molecular flexibility index (Phi) is 1.86. The zero-order chi connectivity index (χ0) is 7.78. The summed E-state index contributed by atoms with van der Waals surface area (Å²) in [7, 11) is -0.540. The van der Waals surface area contributed by atoms with Crippen molar-refractivity contribution in [2.24, 2.45) is 0 Å². The van der Waals surface area contributed by atoms with E-state index in [0.29, 0.717) is 5.04 Å². The predicted octanol–water partition coefficient (Wildman–Crippen LogP) is 2.75. The number of rotatable bonds is 1. The molecule has 1 heteroatoms. The van der Waals surface area contributed by atoms with Crippen molar-refractivity contribution >= 4 is 8.80 Å².